The van der Waals surface area contributed by atoms with Gasteiger partial charge in [0.25, 0.3) is 5.91 Å². The molecule has 1 aliphatic rings. The van der Waals surface area contributed by atoms with E-state index in [0.717, 1.165) is 42.2 Å². The minimum absolute atomic E-state index is 0.165. The van der Waals surface area contributed by atoms with E-state index in [1.165, 1.54) is 0 Å². The van der Waals surface area contributed by atoms with E-state index in [1.807, 2.05) is 46.6 Å². The first-order valence-corrected chi connectivity index (χ1v) is 9.71. The van der Waals surface area contributed by atoms with Gasteiger partial charge < -0.3 is 10.6 Å². The molecule has 6 nitrogen and oxygen atoms in total. The lowest BCUT2D eigenvalue weighted by molar-refractivity contribution is 0.0944. The van der Waals surface area contributed by atoms with E-state index in [1.54, 1.807) is 17.4 Å². The molecule has 0 saturated carbocycles. The van der Waals surface area contributed by atoms with Crippen molar-refractivity contribution in [3.05, 3.63) is 59.4 Å². The van der Waals surface area contributed by atoms with Crippen LogP contribution in [0.1, 0.15) is 35.1 Å². The van der Waals surface area contributed by atoms with Crippen molar-refractivity contribution in [2.45, 2.75) is 25.4 Å². The highest BCUT2D eigenvalue weighted by Crippen LogP contribution is 2.23. The first-order chi connectivity index (χ1) is 12.8. The number of aromatic nitrogens is 3. The summed E-state index contributed by atoms with van der Waals surface area (Å²) in [6.07, 6.45) is 4.12. The number of carbonyl (C=O) groups is 1. The fourth-order valence-corrected chi connectivity index (χ4v) is 3.91. The first kappa shape index (κ1) is 16.9. The Morgan fingerprint density at radius 2 is 2.19 bits per heavy atom. The molecular formula is C19H21N5OS. The summed E-state index contributed by atoms with van der Waals surface area (Å²) in [6, 6.07) is 12.2. The molecule has 2 aromatic heterocycles. The van der Waals surface area contributed by atoms with Crippen LogP contribution >= 0.6 is 11.3 Å². The van der Waals surface area contributed by atoms with Gasteiger partial charge in [-0.2, -0.15) is 5.10 Å². The number of piperidine rings is 1. The number of rotatable bonds is 5. The number of benzene rings is 1. The van der Waals surface area contributed by atoms with Crippen molar-refractivity contribution in [3.8, 4) is 10.6 Å². The third-order valence-electron chi connectivity index (χ3n) is 4.49. The molecular weight excluding hydrogens is 346 g/mol. The molecule has 0 aliphatic carbocycles. The second kappa shape index (κ2) is 7.80. The highest BCUT2D eigenvalue weighted by atomic mass is 32.1. The number of nitrogens with zero attached hydrogens (tertiary/aromatic N) is 3. The van der Waals surface area contributed by atoms with Crippen LogP contribution in [0.3, 0.4) is 0 Å². The Morgan fingerprint density at radius 3 is 3.00 bits per heavy atom. The van der Waals surface area contributed by atoms with Crippen molar-refractivity contribution < 1.29 is 4.79 Å². The molecule has 1 aromatic carbocycles. The lowest BCUT2D eigenvalue weighted by atomic mass is 10.1. The normalized spacial score (nSPS) is 17.2. The Bertz CT molecular complexity index is 867. The number of thiazole rings is 1. The van der Waals surface area contributed by atoms with Crippen LogP contribution in [0.4, 0.5) is 0 Å². The van der Waals surface area contributed by atoms with E-state index in [0.29, 0.717) is 18.3 Å². The summed E-state index contributed by atoms with van der Waals surface area (Å²) < 4.78 is 1.90. The lowest BCUT2D eigenvalue weighted by Gasteiger charge is -2.22. The summed E-state index contributed by atoms with van der Waals surface area (Å²) in [4.78, 5) is 17.0. The Balaban J connectivity index is 1.35. The van der Waals surface area contributed by atoms with Crippen LogP contribution < -0.4 is 10.6 Å². The van der Waals surface area contributed by atoms with Crippen LogP contribution in [-0.2, 0) is 6.54 Å². The summed E-state index contributed by atoms with van der Waals surface area (Å²) >= 11 is 1.58. The topological polar surface area (TPSA) is 71.8 Å². The van der Waals surface area contributed by atoms with Crippen LogP contribution in [0.15, 0.2) is 48.0 Å². The first-order valence-electron chi connectivity index (χ1n) is 8.83. The van der Waals surface area contributed by atoms with E-state index >= 15 is 0 Å². The zero-order valence-electron chi connectivity index (χ0n) is 14.4. The number of nitrogens with one attached hydrogen (secondary N) is 2. The molecule has 1 amide bonds. The van der Waals surface area contributed by atoms with Crippen LogP contribution in [0.5, 0.6) is 0 Å². The maximum atomic E-state index is 12.4. The number of hydrogen-bond donors (Lipinski definition) is 2. The predicted octanol–water partition coefficient (Wildman–Crippen LogP) is 2.86. The molecule has 0 spiro atoms. The van der Waals surface area contributed by atoms with Crippen molar-refractivity contribution >= 4 is 17.2 Å². The average molecular weight is 367 g/mol. The Morgan fingerprint density at radius 1 is 1.31 bits per heavy atom. The molecule has 7 heteroatoms. The molecule has 2 N–H and O–H groups in total. The molecule has 26 heavy (non-hydrogen) atoms. The second-order valence-corrected chi connectivity index (χ2v) is 7.23. The van der Waals surface area contributed by atoms with Crippen LogP contribution in [-0.4, -0.2) is 33.8 Å². The van der Waals surface area contributed by atoms with Gasteiger partial charge in [-0.15, -0.1) is 11.3 Å². The molecule has 3 aromatic rings. The second-order valence-electron chi connectivity index (χ2n) is 6.37. The van der Waals surface area contributed by atoms with Gasteiger partial charge in [-0.05, 0) is 25.5 Å². The van der Waals surface area contributed by atoms with E-state index in [4.69, 9.17) is 0 Å². The zero-order chi connectivity index (χ0) is 17.8. The highest BCUT2D eigenvalue weighted by Gasteiger charge is 2.17. The van der Waals surface area contributed by atoms with Crippen LogP contribution in [0, 0.1) is 0 Å². The third kappa shape index (κ3) is 3.84. The van der Waals surface area contributed by atoms with Gasteiger partial charge in [-0.3, -0.25) is 9.48 Å². The SMILES string of the molecule is O=C(NCc1csc(-c2ccccc2)n1)c1ccn(C2CCCNC2)n1. The van der Waals surface area contributed by atoms with E-state index in [-0.39, 0.29) is 5.91 Å². The number of hydrogen-bond acceptors (Lipinski definition) is 5. The van der Waals surface area contributed by atoms with Crippen LogP contribution in [0.2, 0.25) is 0 Å². The number of amides is 1. The molecule has 1 saturated heterocycles. The van der Waals surface area contributed by atoms with E-state index < -0.39 is 0 Å². The Hall–Kier alpha value is -2.51. The minimum atomic E-state index is -0.165. The average Bonchev–Trinajstić information content (AvgIpc) is 3.37. The summed E-state index contributed by atoms with van der Waals surface area (Å²) in [5, 5.41) is 13.7. The largest absolute Gasteiger partial charge is 0.345 e. The molecule has 1 aliphatic heterocycles. The predicted molar refractivity (Wildman–Crippen MR) is 102 cm³/mol. The molecule has 1 fully saturated rings. The van der Waals surface area contributed by atoms with Crippen molar-refractivity contribution in [1.82, 2.24) is 25.4 Å². The monoisotopic (exact) mass is 367 g/mol. The van der Waals surface area contributed by atoms with Gasteiger partial charge >= 0.3 is 0 Å². The van der Waals surface area contributed by atoms with Gasteiger partial charge in [0.1, 0.15) is 10.7 Å². The van der Waals surface area contributed by atoms with Crippen molar-refractivity contribution in [1.29, 1.82) is 0 Å². The van der Waals surface area contributed by atoms with Gasteiger partial charge in [-0.1, -0.05) is 30.3 Å². The Kier molecular flexibility index (Phi) is 5.08. The molecule has 134 valence electrons. The fraction of sp³-hybridized carbons (Fsp3) is 0.316. The molecule has 0 radical (unpaired) electrons. The Labute approximate surface area is 156 Å². The van der Waals surface area contributed by atoms with Gasteiger partial charge in [0, 0.05) is 23.7 Å². The van der Waals surface area contributed by atoms with Gasteiger partial charge in [-0.25, -0.2) is 4.98 Å². The summed E-state index contributed by atoms with van der Waals surface area (Å²) in [5.74, 6) is -0.165. The van der Waals surface area contributed by atoms with Gasteiger partial charge in [0.15, 0.2) is 0 Å². The van der Waals surface area contributed by atoms with Gasteiger partial charge in [0.2, 0.25) is 0 Å². The highest BCUT2D eigenvalue weighted by molar-refractivity contribution is 7.13. The van der Waals surface area contributed by atoms with Crippen molar-refractivity contribution in [2.24, 2.45) is 0 Å². The maximum Gasteiger partial charge on any atom is 0.272 e. The van der Waals surface area contributed by atoms with E-state index in [9.17, 15) is 4.79 Å². The third-order valence-corrected chi connectivity index (χ3v) is 5.43. The van der Waals surface area contributed by atoms with E-state index in [2.05, 4.69) is 20.7 Å². The molecule has 1 unspecified atom stereocenters. The summed E-state index contributed by atoms with van der Waals surface area (Å²) in [6.45, 7) is 2.37. The fourth-order valence-electron chi connectivity index (χ4n) is 3.08. The molecule has 3 heterocycles. The van der Waals surface area contributed by atoms with Crippen molar-refractivity contribution in [3.63, 3.8) is 0 Å². The molecule has 1 atom stereocenters. The zero-order valence-corrected chi connectivity index (χ0v) is 15.2. The van der Waals surface area contributed by atoms with Crippen LogP contribution in [0.25, 0.3) is 10.6 Å². The molecule has 4 rings (SSSR count). The molecule has 0 bridgehead atoms. The number of carbonyl (C=O) groups excluding carboxylic acids is 1. The summed E-state index contributed by atoms with van der Waals surface area (Å²) in [5.41, 5.74) is 2.40. The maximum absolute atomic E-state index is 12.4. The minimum Gasteiger partial charge on any atom is -0.345 e. The van der Waals surface area contributed by atoms with Crippen molar-refractivity contribution in [2.75, 3.05) is 13.1 Å². The smallest absolute Gasteiger partial charge is 0.272 e. The lowest BCUT2D eigenvalue weighted by Crippen LogP contribution is -2.32. The quantitative estimate of drug-likeness (QED) is 0.727. The summed E-state index contributed by atoms with van der Waals surface area (Å²) in [7, 11) is 0. The standard InChI is InChI=1S/C19H21N5OS/c25-18(17-8-10-24(23-17)16-7-4-9-20-12-16)21-11-15-13-26-19(22-15)14-5-2-1-3-6-14/h1-3,5-6,8,10,13,16,20H,4,7,9,11-12H2,(H,21,25). The van der Waals surface area contributed by atoms with Gasteiger partial charge in [0.05, 0.1) is 18.3 Å².